The number of rotatable bonds is 4. The minimum Gasteiger partial charge on any atom is -0.348 e. The Morgan fingerprint density at radius 3 is 2.59 bits per heavy atom. The quantitative estimate of drug-likeness (QED) is 0.803. The van der Waals surface area contributed by atoms with Gasteiger partial charge in [0.15, 0.2) is 0 Å². The van der Waals surface area contributed by atoms with Crippen molar-refractivity contribution < 1.29 is 4.79 Å². The van der Waals surface area contributed by atoms with E-state index in [1.165, 1.54) is 11.9 Å². The Labute approximate surface area is 128 Å². The van der Waals surface area contributed by atoms with E-state index < -0.39 is 0 Å². The molecule has 0 unspecified atom stereocenters. The highest BCUT2D eigenvalue weighted by Gasteiger charge is 2.06. The minimum absolute atomic E-state index is 0.0895. The summed E-state index contributed by atoms with van der Waals surface area (Å²) in [7, 11) is 0. The average molecular weight is 292 g/mol. The van der Waals surface area contributed by atoms with Crippen molar-refractivity contribution in [3.8, 4) is 5.69 Å². The third kappa shape index (κ3) is 3.03. The van der Waals surface area contributed by atoms with Gasteiger partial charge in [0.1, 0.15) is 12.7 Å². The number of aromatic nitrogens is 3. The van der Waals surface area contributed by atoms with Gasteiger partial charge in [-0.1, -0.05) is 24.3 Å². The maximum absolute atomic E-state index is 12.2. The maximum atomic E-state index is 12.2. The summed E-state index contributed by atoms with van der Waals surface area (Å²) in [4.78, 5) is 16.1. The Morgan fingerprint density at radius 2 is 1.91 bits per heavy atom. The van der Waals surface area contributed by atoms with Crippen molar-refractivity contribution in [1.82, 2.24) is 20.1 Å². The lowest BCUT2D eigenvalue weighted by Gasteiger charge is -2.08. The van der Waals surface area contributed by atoms with Crippen LogP contribution in [0.2, 0.25) is 0 Å². The van der Waals surface area contributed by atoms with Gasteiger partial charge in [-0.15, -0.1) is 0 Å². The molecule has 5 nitrogen and oxygen atoms in total. The maximum Gasteiger partial charge on any atom is 0.251 e. The van der Waals surface area contributed by atoms with Crippen LogP contribution < -0.4 is 5.32 Å². The topological polar surface area (TPSA) is 59.8 Å². The number of nitrogens with one attached hydrogen (secondary N) is 1. The summed E-state index contributed by atoms with van der Waals surface area (Å²) in [5.41, 5.74) is 3.78. The largest absolute Gasteiger partial charge is 0.348 e. The van der Waals surface area contributed by atoms with Crippen LogP contribution in [0.4, 0.5) is 0 Å². The highest BCUT2D eigenvalue weighted by Crippen LogP contribution is 2.09. The van der Waals surface area contributed by atoms with Gasteiger partial charge in [0.05, 0.1) is 5.69 Å². The minimum atomic E-state index is -0.0895. The fraction of sp³-hybridized carbons (Fsp3) is 0.118. The van der Waals surface area contributed by atoms with Crippen molar-refractivity contribution in [2.75, 3.05) is 0 Å². The number of nitrogens with zero attached hydrogens (tertiary/aromatic N) is 3. The number of hydrogen-bond acceptors (Lipinski definition) is 3. The van der Waals surface area contributed by atoms with E-state index in [0.29, 0.717) is 12.1 Å². The van der Waals surface area contributed by atoms with Crippen LogP contribution in [0, 0.1) is 6.92 Å². The first-order valence-electron chi connectivity index (χ1n) is 7.02. The molecule has 1 N–H and O–H groups in total. The van der Waals surface area contributed by atoms with Crippen molar-refractivity contribution in [2.45, 2.75) is 13.5 Å². The Bertz CT molecular complexity index is 764. The van der Waals surface area contributed by atoms with Gasteiger partial charge in [-0.3, -0.25) is 4.79 Å². The summed E-state index contributed by atoms with van der Waals surface area (Å²) >= 11 is 0. The molecule has 0 aliphatic rings. The second-order valence-electron chi connectivity index (χ2n) is 5.00. The lowest BCUT2D eigenvalue weighted by molar-refractivity contribution is 0.0951. The third-order valence-corrected chi connectivity index (χ3v) is 3.51. The summed E-state index contributed by atoms with van der Waals surface area (Å²) in [5, 5.41) is 6.99. The van der Waals surface area contributed by atoms with E-state index in [-0.39, 0.29) is 5.91 Å². The van der Waals surface area contributed by atoms with Crippen molar-refractivity contribution in [1.29, 1.82) is 0 Å². The molecule has 1 heterocycles. The predicted octanol–water partition coefficient (Wildman–Crippen LogP) is 2.51. The molecule has 0 fully saturated rings. The molecule has 2 aromatic carbocycles. The van der Waals surface area contributed by atoms with Gasteiger partial charge in [0.25, 0.3) is 5.91 Å². The first-order valence-corrected chi connectivity index (χ1v) is 7.02. The summed E-state index contributed by atoms with van der Waals surface area (Å²) in [6, 6.07) is 15.3. The Kier molecular flexibility index (Phi) is 3.96. The van der Waals surface area contributed by atoms with Crippen LogP contribution in [0.1, 0.15) is 21.5 Å². The first kappa shape index (κ1) is 14.0. The van der Waals surface area contributed by atoms with Crippen LogP contribution in [0.15, 0.2) is 61.2 Å². The number of benzene rings is 2. The van der Waals surface area contributed by atoms with Crippen LogP contribution >= 0.6 is 0 Å². The van der Waals surface area contributed by atoms with E-state index in [4.69, 9.17) is 0 Å². The summed E-state index contributed by atoms with van der Waals surface area (Å²) in [6.45, 7) is 2.56. The molecule has 3 aromatic rings. The van der Waals surface area contributed by atoms with Crippen LogP contribution in [0.5, 0.6) is 0 Å². The zero-order valence-electron chi connectivity index (χ0n) is 12.2. The molecule has 110 valence electrons. The molecule has 0 spiro atoms. The SMILES string of the molecule is Cc1ccccc1CNC(=O)c1ccc(-n2cncn2)cc1. The van der Waals surface area contributed by atoms with Crippen LogP contribution in [-0.4, -0.2) is 20.7 Å². The zero-order chi connectivity index (χ0) is 15.4. The standard InChI is InChI=1S/C17H16N4O/c1-13-4-2-3-5-15(13)10-19-17(22)14-6-8-16(9-7-14)21-12-18-11-20-21/h2-9,11-12H,10H2,1H3,(H,19,22). The number of carbonyl (C=O) groups is 1. The molecule has 0 atom stereocenters. The molecule has 0 aliphatic heterocycles. The van der Waals surface area contributed by atoms with Gasteiger partial charge in [-0.25, -0.2) is 9.67 Å². The molecule has 0 saturated carbocycles. The number of amides is 1. The molecule has 0 saturated heterocycles. The van der Waals surface area contributed by atoms with Crippen molar-refractivity contribution in [3.05, 3.63) is 77.9 Å². The molecular formula is C17H16N4O. The lowest BCUT2D eigenvalue weighted by Crippen LogP contribution is -2.23. The van der Waals surface area contributed by atoms with E-state index in [1.807, 2.05) is 43.3 Å². The van der Waals surface area contributed by atoms with Gasteiger partial charge < -0.3 is 5.32 Å². The number of hydrogen-bond donors (Lipinski definition) is 1. The van der Waals surface area contributed by atoms with Crippen LogP contribution in [-0.2, 0) is 6.54 Å². The molecule has 1 aromatic heterocycles. The van der Waals surface area contributed by atoms with Crippen LogP contribution in [0.25, 0.3) is 5.69 Å². The Hall–Kier alpha value is -2.95. The van der Waals surface area contributed by atoms with Gasteiger partial charge in [-0.05, 0) is 42.3 Å². The molecule has 3 rings (SSSR count). The molecule has 0 aliphatic carbocycles. The molecule has 22 heavy (non-hydrogen) atoms. The monoisotopic (exact) mass is 292 g/mol. The van der Waals surface area contributed by atoms with E-state index in [0.717, 1.165) is 11.3 Å². The predicted molar refractivity (Wildman–Crippen MR) is 83.7 cm³/mol. The normalized spacial score (nSPS) is 10.4. The van der Waals surface area contributed by atoms with E-state index in [1.54, 1.807) is 23.1 Å². The van der Waals surface area contributed by atoms with Gasteiger partial charge in [-0.2, -0.15) is 5.10 Å². The summed E-state index contributed by atoms with van der Waals surface area (Å²) in [5.74, 6) is -0.0895. The van der Waals surface area contributed by atoms with Gasteiger partial charge in [0.2, 0.25) is 0 Å². The smallest absolute Gasteiger partial charge is 0.251 e. The summed E-state index contributed by atoms with van der Waals surface area (Å²) < 4.78 is 1.65. The Morgan fingerprint density at radius 1 is 1.14 bits per heavy atom. The van der Waals surface area contributed by atoms with E-state index in [9.17, 15) is 4.79 Å². The van der Waals surface area contributed by atoms with E-state index in [2.05, 4.69) is 15.4 Å². The highest BCUT2D eigenvalue weighted by molar-refractivity contribution is 5.94. The molecule has 1 amide bonds. The van der Waals surface area contributed by atoms with Crippen molar-refractivity contribution in [2.24, 2.45) is 0 Å². The van der Waals surface area contributed by atoms with Gasteiger partial charge >= 0.3 is 0 Å². The molecule has 0 bridgehead atoms. The summed E-state index contributed by atoms with van der Waals surface area (Å²) in [6.07, 6.45) is 3.09. The van der Waals surface area contributed by atoms with Crippen molar-refractivity contribution in [3.63, 3.8) is 0 Å². The van der Waals surface area contributed by atoms with Gasteiger partial charge in [0, 0.05) is 12.1 Å². The second-order valence-corrected chi connectivity index (χ2v) is 5.00. The lowest BCUT2D eigenvalue weighted by atomic mass is 10.1. The zero-order valence-corrected chi connectivity index (χ0v) is 12.2. The van der Waals surface area contributed by atoms with Crippen LogP contribution in [0.3, 0.4) is 0 Å². The number of aryl methyl sites for hydroxylation is 1. The third-order valence-electron chi connectivity index (χ3n) is 3.51. The first-order chi connectivity index (χ1) is 10.7. The fourth-order valence-corrected chi connectivity index (χ4v) is 2.19. The molecule has 5 heteroatoms. The molecule has 0 radical (unpaired) electrons. The fourth-order valence-electron chi connectivity index (χ4n) is 2.19. The highest BCUT2D eigenvalue weighted by atomic mass is 16.1. The molecular weight excluding hydrogens is 276 g/mol. The van der Waals surface area contributed by atoms with E-state index >= 15 is 0 Å². The number of carbonyl (C=O) groups excluding carboxylic acids is 1. The van der Waals surface area contributed by atoms with Crippen molar-refractivity contribution >= 4 is 5.91 Å². The Balaban J connectivity index is 1.67. The average Bonchev–Trinajstić information content (AvgIpc) is 3.08. The second kappa shape index (κ2) is 6.22.